The molecular formula is C18H20N2O4. The molecule has 0 radical (unpaired) electrons. The fourth-order valence-corrected chi connectivity index (χ4v) is 2.73. The van der Waals surface area contributed by atoms with Crippen LogP contribution in [0.4, 0.5) is 11.4 Å². The number of amides is 1. The number of ether oxygens (including phenoxy) is 1. The summed E-state index contributed by atoms with van der Waals surface area (Å²) in [6, 6.07) is 8.91. The number of nitrogens with one attached hydrogen (secondary N) is 1. The maximum atomic E-state index is 12.9. The van der Waals surface area contributed by atoms with E-state index in [1.807, 2.05) is 24.3 Å². The molecule has 0 fully saturated rings. The van der Waals surface area contributed by atoms with E-state index in [0.717, 1.165) is 11.4 Å². The number of benzene rings is 1. The second kappa shape index (κ2) is 6.39. The lowest BCUT2D eigenvalue weighted by atomic mass is 9.99. The minimum absolute atomic E-state index is 0.00000850. The Balaban J connectivity index is 1.99. The van der Waals surface area contributed by atoms with E-state index in [0.29, 0.717) is 12.5 Å². The lowest BCUT2D eigenvalue weighted by Gasteiger charge is -2.37. The molecule has 1 N–H and O–H groups in total. The van der Waals surface area contributed by atoms with E-state index in [-0.39, 0.29) is 28.9 Å². The van der Waals surface area contributed by atoms with Gasteiger partial charge < -0.3 is 19.4 Å². The molecule has 0 aliphatic carbocycles. The van der Waals surface area contributed by atoms with Gasteiger partial charge in [-0.05, 0) is 18.1 Å². The molecule has 6 heteroatoms. The quantitative estimate of drug-likeness (QED) is 0.938. The molecule has 3 rings (SSSR count). The van der Waals surface area contributed by atoms with Crippen LogP contribution < -0.4 is 20.4 Å². The number of fused-ring (bicyclic) bond motifs is 1. The molecule has 1 aromatic carbocycles. The predicted molar refractivity (Wildman–Crippen MR) is 91.9 cm³/mol. The van der Waals surface area contributed by atoms with E-state index in [2.05, 4.69) is 19.2 Å². The van der Waals surface area contributed by atoms with Crippen LogP contribution in [0.3, 0.4) is 0 Å². The van der Waals surface area contributed by atoms with Crippen molar-refractivity contribution in [3.8, 4) is 5.75 Å². The Morgan fingerprint density at radius 2 is 2.12 bits per heavy atom. The zero-order valence-electron chi connectivity index (χ0n) is 13.9. The SMILES string of the molecule is COc1coc(C(=O)N2C[C@H](C(C)C)Nc3ccccc32)cc1=O. The Bertz CT molecular complexity index is 813. The predicted octanol–water partition coefficient (Wildman–Crippen LogP) is 2.75. The molecule has 1 atom stereocenters. The third kappa shape index (κ3) is 2.87. The zero-order valence-corrected chi connectivity index (χ0v) is 13.9. The first-order chi connectivity index (χ1) is 11.5. The molecule has 0 saturated heterocycles. The van der Waals surface area contributed by atoms with Gasteiger partial charge in [0.25, 0.3) is 5.91 Å². The van der Waals surface area contributed by atoms with Crippen molar-refractivity contribution in [3.05, 3.63) is 52.6 Å². The third-order valence-electron chi connectivity index (χ3n) is 4.19. The van der Waals surface area contributed by atoms with E-state index in [1.54, 1.807) is 4.90 Å². The number of para-hydroxylation sites is 2. The van der Waals surface area contributed by atoms with Crippen LogP contribution in [0, 0.1) is 5.92 Å². The van der Waals surface area contributed by atoms with Crippen LogP contribution in [-0.4, -0.2) is 25.6 Å². The van der Waals surface area contributed by atoms with Crippen molar-refractivity contribution in [2.24, 2.45) is 5.92 Å². The molecule has 0 bridgehead atoms. The van der Waals surface area contributed by atoms with Crippen LogP contribution in [0.15, 0.2) is 45.8 Å². The largest absolute Gasteiger partial charge is 0.490 e. The summed E-state index contributed by atoms with van der Waals surface area (Å²) < 4.78 is 10.2. The summed E-state index contributed by atoms with van der Waals surface area (Å²) in [5, 5.41) is 3.46. The van der Waals surface area contributed by atoms with Gasteiger partial charge in [0, 0.05) is 18.7 Å². The molecular weight excluding hydrogens is 308 g/mol. The lowest BCUT2D eigenvalue weighted by Crippen LogP contribution is -2.47. The highest BCUT2D eigenvalue weighted by molar-refractivity contribution is 6.06. The minimum atomic E-state index is -0.379. The second-order valence-corrected chi connectivity index (χ2v) is 6.10. The van der Waals surface area contributed by atoms with Crippen molar-refractivity contribution < 1.29 is 13.9 Å². The number of methoxy groups -OCH3 is 1. The van der Waals surface area contributed by atoms with Crippen molar-refractivity contribution in [1.29, 1.82) is 0 Å². The van der Waals surface area contributed by atoms with Crippen molar-refractivity contribution in [2.75, 3.05) is 23.9 Å². The number of rotatable bonds is 3. The van der Waals surface area contributed by atoms with Crippen LogP contribution in [-0.2, 0) is 0 Å². The van der Waals surface area contributed by atoms with Crippen molar-refractivity contribution in [1.82, 2.24) is 0 Å². The normalized spacial score (nSPS) is 16.5. The van der Waals surface area contributed by atoms with Gasteiger partial charge >= 0.3 is 0 Å². The van der Waals surface area contributed by atoms with Gasteiger partial charge in [-0.15, -0.1) is 0 Å². The second-order valence-electron chi connectivity index (χ2n) is 6.10. The van der Waals surface area contributed by atoms with Gasteiger partial charge in [-0.3, -0.25) is 9.59 Å². The average Bonchev–Trinajstić information content (AvgIpc) is 2.60. The van der Waals surface area contributed by atoms with Crippen LogP contribution in [0.25, 0.3) is 0 Å². The Labute approximate surface area is 140 Å². The van der Waals surface area contributed by atoms with Crippen LogP contribution >= 0.6 is 0 Å². The van der Waals surface area contributed by atoms with Crippen molar-refractivity contribution in [2.45, 2.75) is 19.9 Å². The standard InChI is InChI=1S/C18H20N2O4/c1-11(2)13-9-20(14-7-5-4-6-12(14)19-13)18(22)16-8-15(21)17(23-3)10-24-16/h4-8,10-11,13,19H,9H2,1-3H3/t13-/m1/s1. The highest BCUT2D eigenvalue weighted by Gasteiger charge is 2.31. The first-order valence-electron chi connectivity index (χ1n) is 7.85. The maximum Gasteiger partial charge on any atom is 0.294 e. The number of carbonyl (C=O) groups excluding carboxylic acids is 1. The van der Waals surface area contributed by atoms with E-state index in [1.165, 1.54) is 19.4 Å². The summed E-state index contributed by atoms with van der Waals surface area (Å²) in [5.74, 6) is 0.0817. The molecule has 2 aromatic rings. The summed E-state index contributed by atoms with van der Waals surface area (Å²) in [6.45, 7) is 4.70. The van der Waals surface area contributed by atoms with Crippen LogP contribution in [0.2, 0.25) is 0 Å². The molecule has 6 nitrogen and oxygen atoms in total. The summed E-state index contributed by atoms with van der Waals surface area (Å²) in [7, 11) is 1.38. The zero-order chi connectivity index (χ0) is 17.3. The Hall–Kier alpha value is -2.76. The van der Waals surface area contributed by atoms with Gasteiger partial charge in [-0.2, -0.15) is 0 Å². The van der Waals surface area contributed by atoms with Gasteiger partial charge in [-0.25, -0.2) is 0 Å². The van der Waals surface area contributed by atoms with Crippen LogP contribution in [0.5, 0.6) is 5.75 Å². The number of hydrogen-bond acceptors (Lipinski definition) is 5. The number of carbonyl (C=O) groups is 1. The highest BCUT2D eigenvalue weighted by atomic mass is 16.5. The minimum Gasteiger partial charge on any atom is -0.490 e. The Morgan fingerprint density at radius 3 is 2.79 bits per heavy atom. The van der Waals surface area contributed by atoms with E-state index in [9.17, 15) is 9.59 Å². The summed E-state index contributed by atoms with van der Waals surface area (Å²) in [4.78, 5) is 26.5. The number of nitrogens with zero attached hydrogens (tertiary/aromatic N) is 1. The van der Waals surface area contributed by atoms with Gasteiger partial charge in [0.1, 0.15) is 6.26 Å². The Morgan fingerprint density at radius 1 is 1.38 bits per heavy atom. The molecule has 1 amide bonds. The van der Waals surface area contributed by atoms with E-state index < -0.39 is 0 Å². The molecule has 1 aromatic heterocycles. The first kappa shape index (κ1) is 16.1. The van der Waals surface area contributed by atoms with E-state index in [4.69, 9.17) is 9.15 Å². The van der Waals surface area contributed by atoms with E-state index >= 15 is 0 Å². The van der Waals surface area contributed by atoms with Crippen molar-refractivity contribution >= 4 is 17.3 Å². The molecule has 0 unspecified atom stereocenters. The first-order valence-corrected chi connectivity index (χ1v) is 7.85. The topological polar surface area (TPSA) is 71.8 Å². The van der Waals surface area contributed by atoms with Gasteiger partial charge in [0.05, 0.1) is 18.5 Å². The number of hydrogen-bond donors (Lipinski definition) is 1. The molecule has 1 aliphatic rings. The van der Waals surface area contributed by atoms with Crippen molar-refractivity contribution in [3.63, 3.8) is 0 Å². The average molecular weight is 328 g/mol. The van der Waals surface area contributed by atoms with Gasteiger partial charge in [0.15, 0.2) is 5.76 Å². The third-order valence-corrected chi connectivity index (χ3v) is 4.19. The summed E-state index contributed by atoms with van der Waals surface area (Å²) >= 11 is 0. The molecule has 24 heavy (non-hydrogen) atoms. The lowest BCUT2D eigenvalue weighted by molar-refractivity contribution is 0.0954. The monoisotopic (exact) mass is 328 g/mol. The Kier molecular flexibility index (Phi) is 4.29. The van der Waals surface area contributed by atoms with Gasteiger partial charge in [-0.1, -0.05) is 26.0 Å². The molecule has 126 valence electrons. The van der Waals surface area contributed by atoms with Gasteiger partial charge in [0.2, 0.25) is 11.2 Å². The number of anilines is 2. The summed E-state index contributed by atoms with van der Waals surface area (Å²) in [6.07, 6.45) is 1.17. The molecule has 0 saturated carbocycles. The molecule has 2 heterocycles. The molecule has 1 aliphatic heterocycles. The van der Waals surface area contributed by atoms with Crippen LogP contribution in [0.1, 0.15) is 24.4 Å². The maximum absolute atomic E-state index is 12.9. The summed E-state index contributed by atoms with van der Waals surface area (Å²) in [5.41, 5.74) is 1.29. The molecule has 0 spiro atoms. The fraction of sp³-hybridized carbons (Fsp3) is 0.333. The highest BCUT2D eigenvalue weighted by Crippen LogP contribution is 2.33. The smallest absolute Gasteiger partial charge is 0.294 e. The fourth-order valence-electron chi connectivity index (χ4n) is 2.73.